The second-order valence-electron chi connectivity index (χ2n) is 12.4. The Kier molecular flexibility index (Phi) is 5.82. The zero-order chi connectivity index (χ0) is 26.1. The smallest absolute Gasteiger partial charge is 0.200 e. The summed E-state index contributed by atoms with van der Waals surface area (Å²) in [7, 11) is 2.23. The van der Waals surface area contributed by atoms with Crippen molar-refractivity contribution in [2.24, 2.45) is 18.9 Å². The molecule has 0 bridgehead atoms. The fourth-order valence-corrected chi connectivity index (χ4v) is 8.68. The van der Waals surface area contributed by atoms with E-state index in [1.54, 1.807) is 0 Å². The third-order valence-corrected chi connectivity index (χ3v) is 10.3. The molecule has 38 heavy (non-hydrogen) atoms. The second-order valence-corrected chi connectivity index (χ2v) is 13.5. The average Bonchev–Trinajstić information content (AvgIpc) is 3.40. The van der Waals surface area contributed by atoms with E-state index in [0.717, 1.165) is 12.3 Å². The molecular formula is C36H38NS+. The number of aromatic nitrogens is 1. The molecule has 1 saturated carbocycles. The van der Waals surface area contributed by atoms with Gasteiger partial charge in [-0.25, -0.2) is 4.57 Å². The summed E-state index contributed by atoms with van der Waals surface area (Å²) in [4.78, 5) is 2.89. The molecule has 0 radical (unpaired) electrons. The molecule has 0 unspecified atom stereocenters. The number of fused-ring (bicyclic) bond motifs is 5. The Morgan fingerprint density at radius 2 is 1.68 bits per heavy atom. The fraction of sp³-hybridized carbons (Fsp3) is 0.361. The van der Waals surface area contributed by atoms with Crippen LogP contribution >= 0.6 is 11.8 Å². The van der Waals surface area contributed by atoms with Crippen molar-refractivity contribution in [1.82, 2.24) is 0 Å². The van der Waals surface area contributed by atoms with Gasteiger partial charge in [0.05, 0.1) is 10.9 Å². The number of aryl methyl sites for hydroxylation is 3. The number of nitrogens with zero attached hydrogens (tertiary/aromatic N) is 1. The maximum Gasteiger partial charge on any atom is 0.222 e. The third-order valence-electron chi connectivity index (χ3n) is 9.10. The van der Waals surface area contributed by atoms with Crippen LogP contribution in [0.4, 0.5) is 0 Å². The minimum atomic E-state index is 0.604. The first-order chi connectivity index (χ1) is 18.4. The second kappa shape index (κ2) is 9.12. The molecule has 5 aromatic rings. The lowest BCUT2D eigenvalue weighted by molar-refractivity contribution is -0.659. The summed E-state index contributed by atoms with van der Waals surface area (Å²) in [5, 5.41) is 8.46. The topological polar surface area (TPSA) is 3.88 Å². The van der Waals surface area contributed by atoms with Crippen molar-refractivity contribution < 1.29 is 4.57 Å². The first-order valence-corrected chi connectivity index (χ1v) is 15.3. The van der Waals surface area contributed by atoms with Gasteiger partial charge in [0.2, 0.25) is 5.69 Å². The molecule has 1 aliphatic carbocycles. The van der Waals surface area contributed by atoms with Crippen LogP contribution in [-0.4, -0.2) is 0 Å². The van der Waals surface area contributed by atoms with E-state index >= 15 is 0 Å². The number of rotatable bonds is 4. The van der Waals surface area contributed by atoms with Crippen LogP contribution < -0.4 is 4.57 Å². The lowest BCUT2D eigenvalue weighted by atomic mass is 9.87. The van der Waals surface area contributed by atoms with E-state index in [9.17, 15) is 0 Å². The molecule has 7 rings (SSSR count). The Hall–Kier alpha value is -2.84. The van der Waals surface area contributed by atoms with Gasteiger partial charge in [-0.1, -0.05) is 93.3 Å². The predicted molar refractivity (Wildman–Crippen MR) is 163 cm³/mol. The summed E-state index contributed by atoms with van der Waals surface area (Å²) >= 11 is 2.03. The van der Waals surface area contributed by atoms with Crippen LogP contribution in [-0.2, 0) is 19.9 Å². The number of hydrogen-bond donors (Lipinski definition) is 0. The van der Waals surface area contributed by atoms with Crippen LogP contribution in [0.15, 0.2) is 64.5 Å². The minimum absolute atomic E-state index is 0.604. The SMILES string of the molecule is Cc1ccc2c(CC(C)C)c3c(c(C)c2c1)-c1c2c(cc4cc(CC5CCCC5)ccc4c2cc[n+]1C)S3. The van der Waals surface area contributed by atoms with Gasteiger partial charge in [-0.15, -0.1) is 0 Å². The summed E-state index contributed by atoms with van der Waals surface area (Å²) in [5.41, 5.74) is 8.62. The van der Waals surface area contributed by atoms with Crippen molar-refractivity contribution in [2.45, 2.75) is 76.0 Å². The van der Waals surface area contributed by atoms with E-state index in [0.29, 0.717) is 5.92 Å². The van der Waals surface area contributed by atoms with Crippen LogP contribution in [0.2, 0.25) is 0 Å². The standard InChI is InChI=1S/C36H38NS/c1-21(2)16-31-28-12-10-22(3)17-30(28)23(4)33-35-34-29(14-15-37(35)5)27-13-11-25(18-24-8-6-7-9-24)19-26(27)20-32(34)38-36(31)33/h10-15,17,19-21,24H,6-9,16,18H2,1-5H3/q+1. The van der Waals surface area contributed by atoms with Crippen LogP contribution in [0.1, 0.15) is 61.8 Å². The molecule has 2 heteroatoms. The highest BCUT2D eigenvalue weighted by Crippen LogP contribution is 2.53. The average molecular weight is 517 g/mol. The van der Waals surface area contributed by atoms with Crippen molar-refractivity contribution in [3.05, 3.63) is 77.0 Å². The normalized spacial score (nSPS) is 15.3. The molecule has 1 aliphatic heterocycles. The summed E-state index contributed by atoms with van der Waals surface area (Å²) in [6.45, 7) is 9.28. The van der Waals surface area contributed by atoms with Crippen molar-refractivity contribution in [3.8, 4) is 11.3 Å². The van der Waals surface area contributed by atoms with Crippen LogP contribution in [0.25, 0.3) is 43.6 Å². The first-order valence-electron chi connectivity index (χ1n) is 14.5. The molecule has 2 heterocycles. The van der Waals surface area contributed by atoms with Crippen LogP contribution in [0.3, 0.4) is 0 Å². The molecule has 1 aromatic heterocycles. The fourth-order valence-electron chi connectivity index (χ4n) is 7.30. The Morgan fingerprint density at radius 1 is 0.895 bits per heavy atom. The zero-order valence-corrected chi connectivity index (χ0v) is 24.3. The highest BCUT2D eigenvalue weighted by molar-refractivity contribution is 8.00. The van der Waals surface area contributed by atoms with Gasteiger partial charge in [0.1, 0.15) is 7.05 Å². The summed E-state index contributed by atoms with van der Waals surface area (Å²) in [6.07, 6.45) is 10.2. The Morgan fingerprint density at radius 3 is 2.47 bits per heavy atom. The van der Waals surface area contributed by atoms with Gasteiger partial charge in [-0.2, -0.15) is 0 Å². The van der Waals surface area contributed by atoms with Crippen molar-refractivity contribution >= 4 is 44.1 Å². The Labute approximate surface area is 231 Å². The third kappa shape index (κ3) is 3.79. The highest BCUT2D eigenvalue weighted by atomic mass is 32.2. The molecule has 0 amide bonds. The monoisotopic (exact) mass is 516 g/mol. The first kappa shape index (κ1) is 24.2. The largest absolute Gasteiger partial charge is 0.222 e. The quantitative estimate of drug-likeness (QED) is 0.167. The van der Waals surface area contributed by atoms with E-state index in [2.05, 4.69) is 94.0 Å². The van der Waals surface area contributed by atoms with Gasteiger partial charge >= 0.3 is 0 Å². The molecule has 0 atom stereocenters. The van der Waals surface area contributed by atoms with Gasteiger partial charge < -0.3 is 0 Å². The Bertz CT molecular complexity index is 1750. The summed E-state index contributed by atoms with van der Waals surface area (Å²) in [5.74, 6) is 1.48. The molecular weight excluding hydrogens is 478 g/mol. The minimum Gasteiger partial charge on any atom is -0.200 e. The molecule has 192 valence electrons. The van der Waals surface area contributed by atoms with Crippen molar-refractivity contribution in [3.63, 3.8) is 0 Å². The van der Waals surface area contributed by atoms with Gasteiger partial charge in [-0.05, 0) is 82.8 Å². The zero-order valence-electron chi connectivity index (χ0n) is 23.4. The Balaban J connectivity index is 1.52. The van der Waals surface area contributed by atoms with Crippen molar-refractivity contribution in [2.75, 3.05) is 0 Å². The highest BCUT2D eigenvalue weighted by Gasteiger charge is 2.32. The molecule has 0 saturated heterocycles. The van der Waals surface area contributed by atoms with E-state index in [-0.39, 0.29) is 0 Å². The van der Waals surface area contributed by atoms with Crippen LogP contribution in [0, 0.1) is 25.7 Å². The van der Waals surface area contributed by atoms with Gasteiger partial charge in [0.15, 0.2) is 6.20 Å². The van der Waals surface area contributed by atoms with Crippen LogP contribution in [0.5, 0.6) is 0 Å². The van der Waals surface area contributed by atoms with Gasteiger partial charge in [0, 0.05) is 21.2 Å². The number of hydrogen-bond acceptors (Lipinski definition) is 1. The lowest BCUT2D eigenvalue weighted by Gasteiger charge is -2.26. The predicted octanol–water partition coefficient (Wildman–Crippen LogP) is 9.65. The van der Waals surface area contributed by atoms with Gasteiger partial charge in [0.25, 0.3) is 0 Å². The van der Waals surface area contributed by atoms with Gasteiger partial charge in [-0.3, -0.25) is 0 Å². The van der Waals surface area contributed by atoms with E-state index < -0.39 is 0 Å². The van der Waals surface area contributed by atoms with Crippen molar-refractivity contribution in [1.29, 1.82) is 0 Å². The molecule has 0 spiro atoms. The molecule has 0 N–H and O–H groups in total. The molecule has 1 fully saturated rings. The van der Waals surface area contributed by atoms with E-state index in [4.69, 9.17) is 0 Å². The molecule has 4 aromatic carbocycles. The molecule has 1 nitrogen and oxygen atoms in total. The lowest BCUT2D eigenvalue weighted by Crippen LogP contribution is -2.32. The number of pyridine rings is 1. The maximum absolute atomic E-state index is 2.50. The summed E-state index contributed by atoms with van der Waals surface area (Å²) < 4.78 is 2.37. The maximum atomic E-state index is 2.50. The number of benzene rings is 4. The van der Waals surface area contributed by atoms with E-state index in [1.807, 2.05) is 11.8 Å². The molecule has 2 aliphatic rings. The summed E-state index contributed by atoms with van der Waals surface area (Å²) in [6, 6.07) is 19.2. The van der Waals surface area contributed by atoms with E-state index in [1.165, 1.54) is 108 Å².